The molecule has 106 valence electrons. The number of hydrogen-bond donors (Lipinski definition) is 0. The Morgan fingerprint density at radius 3 is 2.60 bits per heavy atom. The first-order valence-electron chi connectivity index (χ1n) is 6.80. The molecule has 3 rings (SSSR count). The zero-order valence-corrected chi connectivity index (χ0v) is 13.5. The highest BCUT2D eigenvalue weighted by Gasteiger charge is 2.51. The minimum atomic E-state index is -0.0616. The second kappa shape index (κ2) is 4.97. The lowest BCUT2D eigenvalue weighted by molar-refractivity contribution is 0.244. The Kier molecular flexibility index (Phi) is 3.42. The van der Waals surface area contributed by atoms with Gasteiger partial charge in [-0.25, -0.2) is 0 Å². The van der Waals surface area contributed by atoms with Crippen LogP contribution in [0.25, 0.3) is 0 Å². The van der Waals surface area contributed by atoms with E-state index in [1.165, 1.54) is 5.56 Å². The lowest BCUT2D eigenvalue weighted by Crippen LogP contribution is -2.17. The lowest BCUT2D eigenvalue weighted by atomic mass is 9.95. The van der Waals surface area contributed by atoms with Crippen LogP contribution in [0, 0.1) is 0 Å². The Labute approximate surface area is 127 Å². The standard InChI is InChI=1S/C15H18BrN3O/c1-10(19(2)3)13-17-14(18-20-13)15(8-9-15)11-6-4-5-7-12(11)16/h4-7,10H,8-9H2,1-3H3/t10-/m0/s1. The van der Waals surface area contributed by atoms with Crippen molar-refractivity contribution in [2.75, 3.05) is 14.1 Å². The van der Waals surface area contributed by atoms with Crippen molar-refractivity contribution in [3.63, 3.8) is 0 Å². The summed E-state index contributed by atoms with van der Waals surface area (Å²) < 4.78 is 6.57. The molecule has 20 heavy (non-hydrogen) atoms. The third-order valence-electron chi connectivity index (χ3n) is 4.14. The van der Waals surface area contributed by atoms with Gasteiger partial charge in [-0.2, -0.15) is 4.98 Å². The summed E-state index contributed by atoms with van der Waals surface area (Å²) in [4.78, 5) is 6.71. The molecule has 1 heterocycles. The van der Waals surface area contributed by atoms with E-state index in [1.807, 2.05) is 20.2 Å². The first kappa shape index (κ1) is 13.8. The maximum Gasteiger partial charge on any atom is 0.243 e. The van der Waals surface area contributed by atoms with Crippen LogP contribution in [0.1, 0.15) is 43.1 Å². The molecule has 4 nitrogen and oxygen atoms in total. The molecule has 0 aliphatic heterocycles. The third kappa shape index (κ3) is 2.19. The van der Waals surface area contributed by atoms with Gasteiger partial charge < -0.3 is 4.52 Å². The molecular weight excluding hydrogens is 318 g/mol. The predicted molar refractivity (Wildman–Crippen MR) is 80.6 cm³/mol. The van der Waals surface area contributed by atoms with E-state index in [1.54, 1.807) is 0 Å². The Hall–Kier alpha value is -1.20. The van der Waals surface area contributed by atoms with Crippen molar-refractivity contribution in [3.8, 4) is 0 Å². The zero-order valence-electron chi connectivity index (χ0n) is 11.9. The highest BCUT2D eigenvalue weighted by molar-refractivity contribution is 9.10. The topological polar surface area (TPSA) is 42.2 Å². The van der Waals surface area contributed by atoms with E-state index in [4.69, 9.17) is 4.52 Å². The maximum absolute atomic E-state index is 5.46. The van der Waals surface area contributed by atoms with Crippen LogP contribution in [0.2, 0.25) is 0 Å². The highest BCUT2D eigenvalue weighted by atomic mass is 79.9. The van der Waals surface area contributed by atoms with Crippen molar-refractivity contribution in [3.05, 3.63) is 46.0 Å². The van der Waals surface area contributed by atoms with Crippen molar-refractivity contribution in [2.45, 2.75) is 31.2 Å². The van der Waals surface area contributed by atoms with E-state index in [0.29, 0.717) is 5.89 Å². The van der Waals surface area contributed by atoms with E-state index < -0.39 is 0 Å². The van der Waals surface area contributed by atoms with Crippen molar-refractivity contribution in [1.82, 2.24) is 15.0 Å². The molecule has 1 saturated carbocycles. The summed E-state index contributed by atoms with van der Waals surface area (Å²) in [5.41, 5.74) is 1.19. The summed E-state index contributed by atoms with van der Waals surface area (Å²) in [6.07, 6.45) is 2.15. The molecule has 0 amide bonds. The average Bonchev–Trinajstić information content (AvgIpc) is 3.08. The van der Waals surface area contributed by atoms with Crippen molar-refractivity contribution in [1.29, 1.82) is 0 Å². The fraction of sp³-hybridized carbons (Fsp3) is 0.467. The van der Waals surface area contributed by atoms with Gasteiger partial charge in [0, 0.05) is 4.47 Å². The Morgan fingerprint density at radius 1 is 1.30 bits per heavy atom. The fourth-order valence-corrected chi connectivity index (χ4v) is 3.07. The summed E-state index contributed by atoms with van der Waals surface area (Å²) >= 11 is 3.63. The molecule has 1 aliphatic carbocycles. The van der Waals surface area contributed by atoms with Crippen LogP contribution in [0.3, 0.4) is 0 Å². The molecule has 0 radical (unpaired) electrons. The molecule has 0 unspecified atom stereocenters. The van der Waals surface area contributed by atoms with Crippen molar-refractivity contribution >= 4 is 15.9 Å². The maximum atomic E-state index is 5.46. The van der Waals surface area contributed by atoms with Gasteiger partial charge in [-0.15, -0.1) is 0 Å². The van der Waals surface area contributed by atoms with Crippen LogP contribution < -0.4 is 0 Å². The lowest BCUT2D eigenvalue weighted by Gasteiger charge is -2.15. The molecule has 0 saturated heterocycles. The number of hydrogen-bond acceptors (Lipinski definition) is 4. The Balaban J connectivity index is 1.96. The van der Waals surface area contributed by atoms with Crippen LogP contribution in [0.4, 0.5) is 0 Å². The monoisotopic (exact) mass is 335 g/mol. The van der Waals surface area contributed by atoms with Gasteiger partial charge in [0.15, 0.2) is 5.82 Å². The number of rotatable bonds is 4. The summed E-state index contributed by atoms with van der Waals surface area (Å²) in [6.45, 7) is 2.06. The number of aromatic nitrogens is 2. The Morgan fingerprint density at radius 2 is 2.00 bits per heavy atom. The van der Waals surface area contributed by atoms with E-state index in [-0.39, 0.29) is 11.5 Å². The molecule has 2 aromatic rings. The van der Waals surface area contributed by atoms with Gasteiger partial charge in [0.25, 0.3) is 0 Å². The first-order chi connectivity index (χ1) is 9.54. The fourth-order valence-electron chi connectivity index (χ4n) is 2.41. The van der Waals surface area contributed by atoms with Crippen molar-refractivity contribution in [2.24, 2.45) is 0 Å². The summed E-state index contributed by atoms with van der Waals surface area (Å²) in [7, 11) is 4.02. The van der Waals surface area contributed by atoms with Gasteiger partial charge in [0.05, 0.1) is 11.5 Å². The van der Waals surface area contributed by atoms with Crippen molar-refractivity contribution < 1.29 is 4.52 Å². The van der Waals surface area contributed by atoms with Gasteiger partial charge in [-0.3, -0.25) is 4.90 Å². The minimum Gasteiger partial charge on any atom is -0.338 e. The molecule has 5 heteroatoms. The highest BCUT2D eigenvalue weighted by Crippen LogP contribution is 2.54. The van der Waals surface area contributed by atoms with Gasteiger partial charge in [0.1, 0.15) is 0 Å². The minimum absolute atomic E-state index is 0.0616. The molecule has 1 fully saturated rings. The van der Waals surface area contributed by atoms with Crippen LogP contribution >= 0.6 is 15.9 Å². The molecule has 1 aliphatic rings. The largest absolute Gasteiger partial charge is 0.338 e. The SMILES string of the molecule is C[C@@H](c1nc(C2(c3ccccc3Br)CC2)no1)N(C)C. The summed E-state index contributed by atoms with van der Waals surface area (Å²) in [5, 5.41) is 4.24. The normalized spacial score (nSPS) is 18.2. The third-order valence-corrected chi connectivity index (χ3v) is 4.83. The summed E-state index contributed by atoms with van der Waals surface area (Å²) in [5.74, 6) is 1.50. The van der Waals surface area contributed by atoms with Gasteiger partial charge in [-0.1, -0.05) is 39.3 Å². The van der Waals surface area contributed by atoms with E-state index in [0.717, 1.165) is 23.1 Å². The van der Waals surface area contributed by atoms with E-state index in [2.05, 4.69) is 56.1 Å². The average molecular weight is 336 g/mol. The molecular formula is C15H18BrN3O. The summed E-state index contributed by atoms with van der Waals surface area (Å²) in [6, 6.07) is 8.43. The Bertz CT molecular complexity index is 619. The zero-order chi connectivity index (χ0) is 14.3. The predicted octanol–water partition coefficient (Wildman–Crippen LogP) is 3.53. The molecule has 1 aromatic carbocycles. The number of nitrogens with zero attached hydrogens (tertiary/aromatic N) is 3. The molecule has 0 N–H and O–H groups in total. The molecule has 1 aromatic heterocycles. The second-order valence-electron chi connectivity index (χ2n) is 5.66. The van der Waals surface area contributed by atoms with Gasteiger partial charge >= 0.3 is 0 Å². The van der Waals surface area contributed by atoms with Gasteiger partial charge in [0.2, 0.25) is 5.89 Å². The van der Waals surface area contributed by atoms with Crippen LogP contribution in [0.5, 0.6) is 0 Å². The number of halogens is 1. The van der Waals surface area contributed by atoms with E-state index >= 15 is 0 Å². The van der Waals surface area contributed by atoms with Crippen LogP contribution in [-0.2, 0) is 5.41 Å². The molecule has 1 atom stereocenters. The van der Waals surface area contributed by atoms with Crippen LogP contribution in [-0.4, -0.2) is 29.1 Å². The van der Waals surface area contributed by atoms with Gasteiger partial charge in [-0.05, 0) is 45.5 Å². The number of benzene rings is 1. The second-order valence-corrected chi connectivity index (χ2v) is 6.51. The molecule has 0 bridgehead atoms. The first-order valence-corrected chi connectivity index (χ1v) is 7.59. The molecule has 0 spiro atoms. The smallest absolute Gasteiger partial charge is 0.243 e. The quantitative estimate of drug-likeness (QED) is 0.857. The van der Waals surface area contributed by atoms with E-state index in [9.17, 15) is 0 Å². The van der Waals surface area contributed by atoms with Crippen LogP contribution in [0.15, 0.2) is 33.3 Å².